The van der Waals surface area contributed by atoms with E-state index in [4.69, 9.17) is 18.9 Å². The fraction of sp³-hybridized carbons (Fsp3) is 0.500. The highest BCUT2D eigenvalue weighted by molar-refractivity contribution is 5.63. The number of benzene rings is 1. The topological polar surface area (TPSA) is 54.0 Å². The van der Waals surface area contributed by atoms with Crippen LogP contribution < -0.4 is 4.74 Å². The average molecular weight is 268 g/mol. The number of ether oxygens (including phenoxy) is 4. The molecule has 0 aromatic heterocycles. The maximum Gasteiger partial charge on any atom is 0.513 e. The van der Waals surface area contributed by atoms with Gasteiger partial charge in [0.1, 0.15) is 5.75 Å². The molecule has 0 N–H and O–H groups in total. The number of rotatable bonds is 7. The van der Waals surface area contributed by atoms with Gasteiger partial charge in [-0.1, -0.05) is 25.5 Å². The molecule has 1 rings (SSSR count). The van der Waals surface area contributed by atoms with Crippen molar-refractivity contribution in [3.8, 4) is 5.75 Å². The molecule has 0 radical (unpaired) electrons. The van der Waals surface area contributed by atoms with Crippen molar-refractivity contribution in [2.24, 2.45) is 0 Å². The van der Waals surface area contributed by atoms with E-state index in [9.17, 15) is 4.79 Å². The van der Waals surface area contributed by atoms with Gasteiger partial charge in [-0.25, -0.2) is 4.79 Å². The SMILES string of the molecule is CCCCOC(=O)Oc1ccc(C(OC)OC)cc1. The second-order valence-corrected chi connectivity index (χ2v) is 3.93. The van der Waals surface area contributed by atoms with E-state index in [0.717, 1.165) is 18.4 Å². The molecule has 5 nitrogen and oxygen atoms in total. The second-order valence-electron chi connectivity index (χ2n) is 3.93. The van der Waals surface area contributed by atoms with Gasteiger partial charge in [0.05, 0.1) is 6.61 Å². The van der Waals surface area contributed by atoms with E-state index in [-0.39, 0.29) is 0 Å². The number of hydrogen-bond donors (Lipinski definition) is 0. The predicted molar refractivity (Wildman–Crippen MR) is 70.1 cm³/mol. The molecule has 106 valence electrons. The molecule has 0 aliphatic heterocycles. The molecule has 0 saturated carbocycles. The Bertz CT molecular complexity index is 370. The quantitative estimate of drug-likeness (QED) is 0.329. The van der Waals surface area contributed by atoms with Crippen molar-refractivity contribution in [3.05, 3.63) is 29.8 Å². The van der Waals surface area contributed by atoms with Crippen LogP contribution in [0.3, 0.4) is 0 Å². The number of unbranched alkanes of at least 4 members (excludes halogenated alkanes) is 1. The third-order valence-electron chi connectivity index (χ3n) is 2.50. The van der Waals surface area contributed by atoms with Gasteiger partial charge in [0.2, 0.25) is 0 Å². The van der Waals surface area contributed by atoms with Crippen LogP contribution >= 0.6 is 0 Å². The van der Waals surface area contributed by atoms with Gasteiger partial charge in [-0.2, -0.15) is 0 Å². The van der Waals surface area contributed by atoms with E-state index in [1.807, 2.05) is 6.92 Å². The van der Waals surface area contributed by atoms with E-state index in [1.165, 1.54) is 0 Å². The molecule has 0 saturated heterocycles. The van der Waals surface area contributed by atoms with Crippen molar-refractivity contribution < 1.29 is 23.7 Å². The molecule has 0 bridgehead atoms. The van der Waals surface area contributed by atoms with E-state index in [1.54, 1.807) is 38.5 Å². The van der Waals surface area contributed by atoms with Crippen molar-refractivity contribution >= 4 is 6.16 Å². The summed E-state index contributed by atoms with van der Waals surface area (Å²) < 4.78 is 20.2. The molecule has 0 aliphatic carbocycles. The lowest BCUT2D eigenvalue weighted by atomic mass is 10.2. The Morgan fingerprint density at radius 3 is 2.32 bits per heavy atom. The van der Waals surface area contributed by atoms with Crippen LogP contribution in [-0.4, -0.2) is 27.0 Å². The molecule has 19 heavy (non-hydrogen) atoms. The lowest BCUT2D eigenvalue weighted by molar-refractivity contribution is -0.106. The highest BCUT2D eigenvalue weighted by Crippen LogP contribution is 2.20. The summed E-state index contributed by atoms with van der Waals surface area (Å²) in [6.07, 6.45) is 0.691. The van der Waals surface area contributed by atoms with Gasteiger partial charge in [0.15, 0.2) is 6.29 Å². The Kier molecular flexibility index (Phi) is 6.92. The summed E-state index contributed by atoms with van der Waals surface area (Å²) in [6, 6.07) is 6.88. The molecular weight excluding hydrogens is 248 g/mol. The maximum absolute atomic E-state index is 11.3. The Morgan fingerprint density at radius 2 is 1.79 bits per heavy atom. The first-order chi connectivity index (χ1) is 9.21. The largest absolute Gasteiger partial charge is 0.513 e. The van der Waals surface area contributed by atoms with Gasteiger partial charge >= 0.3 is 6.16 Å². The zero-order valence-electron chi connectivity index (χ0n) is 11.5. The summed E-state index contributed by atoms with van der Waals surface area (Å²) in [4.78, 5) is 11.3. The first-order valence-electron chi connectivity index (χ1n) is 6.21. The monoisotopic (exact) mass is 268 g/mol. The number of carbonyl (C=O) groups excluding carboxylic acids is 1. The van der Waals surface area contributed by atoms with E-state index < -0.39 is 12.4 Å². The van der Waals surface area contributed by atoms with Crippen molar-refractivity contribution in [3.63, 3.8) is 0 Å². The highest BCUT2D eigenvalue weighted by Gasteiger charge is 2.10. The zero-order chi connectivity index (χ0) is 14.1. The van der Waals surface area contributed by atoms with E-state index in [0.29, 0.717) is 12.4 Å². The average Bonchev–Trinajstić information content (AvgIpc) is 2.42. The first kappa shape index (κ1) is 15.5. The summed E-state index contributed by atoms with van der Waals surface area (Å²) >= 11 is 0. The van der Waals surface area contributed by atoms with Crippen molar-refractivity contribution in [1.29, 1.82) is 0 Å². The lowest BCUT2D eigenvalue weighted by Gasteiger charge is -2.13. The van der Waals surface area contributed by atoms with E-state index in [2.05, 4.69) is 0 Å². The van der Waals surface area contributed by atoms with Gasteiger partial charge in [-0.15, -0.1) is 0 Å². The minimum atomic E-state index is -0.684. The van der Waals surface area contributed by atoms with Crippen LogP contribution in [0.25, 0.3) is 0 Å². The minimum absolute atomic E-state index is 0.378. The summed E-state index contributed by atoms with van der Waals surface area (Å²) in [5, 5.41) is 0. The Balaban J connectivity index is 2.50. The molecule has 0 unspecified atom stereocenters. The molecule has 0 atom stereocenters. The second kappa shape index (κ2) is 8.50. The molecule has 0 heterocycles. The number of carbonyl (C=O) groups is 1. The summed E-state index contributed by atoms with van der Waals surface area (Å²) in [5.74, 6) is 0.427. The Morgan fingerprint density at radius 1 is 1.16 bits per heavy atom. The molecule has 0 spiro atoms. The van der Waals surface area contributed by atoms with Gasteiger partial charge in [0.25, 0.3) is 0 Å². The fourth-order valence-electron chi connectivity index (χ4n) is 1.49. The van der Waals surface area contributed by atoms with Crippen LogP contribution in [-0.2, 0) is 14.2 Å². The van der Waals surface area contributed by atoms with Gasteiger partial charge in [-0.05, 0) is 18.6 Å². The van der Waals surface area contributed by atoms with Crippen molar-refractivity contribution in [2.45, 2.75) is 26.1 Å². The number of methoxy groups -OCH3 is 2. The molecule has 5 heteroatoms. The summed E-state index contributed by atoms with van der Waals surface area (Å²) in [6.45, 7) is 2.40. The Hall–Kier alpha value is -1.59. The normalized spacial score (nSPS) is 10.5. The third-order valence-corrected chi connectivity index (χ3v) is 2.50. The fourth-order valence-corrected chi connectivity index (χ4v) is 1.49. The van der Waals surface area contributed by atoms with Gasteiger partial charge in [0, 0.05) is 19.8 Å². The smallest absolute Gasteiger partial charge is 0.434 e. The minimum Gasteiger partial charge on any atom is -0.434 e. The van der Waals surface area contributed by atoms with Crippen LogP contribution in [0, 0.1) is 0 Å². The van der Waals surface area contributed by atoms with Crippen LogP contribution in [0.5, 0.6) is 5.75 Å². The standard InChI is InChI=1S/C14H20O5/c1-4-5-10-18-14(15)19-12-8-6-11(7-9-12)13(16-2)17-3/h6-9,13H,4-5,10H2,1-3H3. The molecule has 0 fully saturated rings. The number of hydrogen-bond acceptors (Lipinski definition) is 5. The Labute approximate surface area is 113 Å². The lowest BCUT2D eigenvalue weighted by Crippen LogP contribution is -2.11. The summed E-state index contributed by atoms with van der Waals surface area (Å²) in [7, 11) is 3.12. The van der Waals surface area contributed by atoms with Crippen molar-refractivity contribution in [1.82, 2.24) is 0 Å². The van der Waals surface area contributed by atoms with Crippen molar-refractivity contribution in [2.75, 3.05) is 20.8 Å². The van der Waals surface area contributed by atoms with Gasteiger partial charge < -0.3 is 18.9 Å². The maximum atomic E-state index is 11.3. The van der Waals surface area contributed by atoms with Crippen LogP contribution in [0.1, 0.15) is 31.6 Å². The molecule has 1 aromatic rings. The first-order valence-corrected chi connectivity index (χ1v) is 6.21. The molecule has 0 amide bonds. The third kappa shape index (κ3) is 5.28. The predicted octanol–water partition coefficient (Wildman–Crippen LogP) is 3.29. The van der Waals surface area contributed by atoms with Crippen LogP contribution in [0.4, 0.5) is 4.79 Å². The molecule has 1 aromatic carbocycles. The van der Waals surface area contributed by atoms with Gasteiger partial charge in [-0.3, -0.25) is 0 Å². The van der Waals surface area contributed by atoms with Crippen LogP contribution in [0.15, 0.2) is 24.3 Å². The zero-order valence-corrected chi connectivity index (χ0v) is 11.5. The van der Waals surface area contributed by atoms with E-state index >= 15 is 0 Å². The highest BCUT2D eigenvalue weighted by atomic mass is 16.7. The van der Waals surface area contributed by atoms with Crippen LogP contribution in [0.2, 0.25) is 0 Å². The molecule has 0 aliphatic rings. The molecular formula is C14H20O5. The summed E-state index contributed by atoms with van der Waals surface area (Å²) in [5.41, 5.74) is 0.844.